The zero-order valence-corrected chi connectivity index (χ0v) is 13.1. The number of ether oxygens (including phenoxy) is 1. The van der Waals surface area contributed by atoms with Crippen LogP contribution >= 0.6 is 0 Å². The number of hydrogen-bond donors (Lipinski definition) is 2. The van der Waals surface area contributed by atoms with Crippen LogP contribution in [-0.2, 0) is 4.79 Å². The van der Waals surface area contributed by atoms with Crippen molar-refractivity contribution in [2.75, 3.05) is 11.9 Å². The lowest BCUT2D eigenvalue weighted by Crippen LogP contribution is -2.41. The van der Waals surface area contributed by atoms with Gasteiger partial charge < -0.3 is 15.4 Å². The normalized spacial score (nSPS) is 12.8. The zero-order valence-electron chi connectivity index (χ0n) is 13.1. The third-order valence-corrected chi connectivity index (χ3v) is 2.81. The van der Waals surface area contributed by atoms with Gasteiger partial charge in [0.05, 0.1) is 12.6 Å². The molecule has 0 saturated heterocycles. The van der Waals surface area contributed by atoms with Crippen LogP contribution in [0.5, 0.6) is 5.75 Å². The summed E-state index contributed by atoms with van der Waals surface area (Å²) in [5, 5.41) is 6.02. The summed E-state index contributed by atoms with van der Waals surface area (Å²) >= 11 is 0. The quantitative estimate of drug-likeness (QED) is 0.840. The largest absolute Gasteiger partial charge is 0.491 e. The molecule has 0 radical (unpaired) electrons. The lowest BCUT2D eigenvalue weighted by molar-refractivity contribution is -0.115. The molecule has 1 unspecified atom stereocenters. The van der Waals surface area contributed by atoms with Crippen LogP contribution in [0.4, 0.5) is 5.69 Å². The minimum atomic E-state index is -0.0706. The van der Waals surface area contributed by atoms with E-state index in [0.29, 0.717) is 6.54 Å². The van der Waals surface area contributed by atoms with Crippen LogP contribution < -0.4 is 15.4 Å². The molecule has 1 rings (SSSR count). The number of anilines is 1. The van der Waals surface area contributed by atoms with Gasteiger partial charge in [-0.25, -0.2) is 0 Å². The van der Waals surface area contributed by atoms with Crippen LogP contribution in [0, 0.1) is 0 Å². The SMILES string of the molecule is CCC(C)Oc1cccc(NC(=O)CNC(C)(C)C)c1. The molecule has 2 N–H and O–H groups in total. The van der Waals surface area contributed by atoms with Gasteiger partial charge in [0.1, 0.15) is 5.75 Å². The van der Waals surface area contributed by atoms with E-state index >= 15 is 0 Å². The molecular formula is C16H26N2O2. The summed E-state index contributed by atoms with van der Waals surface area (Å²) in [5.41, 5.74) is 0.685. The highest BCUT2D eigenvalue weighted by Crippen LogP contribution is 2.19. The van der Waals surface area contributed by atoms with Gasteiger partial charge in [0.15, 0.2) is 0 Å². The smallest absolute Gasteiger partial charge is 0.238 e. The molecule has 0 saturated carbocycles. The van der Waals surface area contributed by atoms with Crippen molar-refractivity contribution in [2.45, 2.75) is 52.7 Å². The number of hydrogen-bond acceptors (Lipinski definition) is 3. The fourth-order valence-corrected chi connectivity index (χ4v) is 1.51. The maximum Gasteiger partial charge on any atom is 0.238 e. The fourth-order valence-electron chi connectivity index (χ4n) is 1.51. The van der Waals surface area contributed by atoms with Gasteiger partial charge in [-0.2, -0.15) is 0 Å². The van der Waals surface area contributed by atoms with Gasteiger partial charge in [-0.15, -0.1) is 0 Å². The number of carbonyl (C=O) groups is 1. The maximum atomic E-state index is 11.8. The molecule has 0 aliphatic heterocycles. The van der Waals surface area contributed by atoms with E-state index in [1.165, 1.54) is 0 Å². The molecule has 0 heterocycles. The van der Waals surface area contributed by atoms with Gasteiger partial charge >= 0.3 is 0 Å². The molecule has 112 valence electrons. The predicted molar refractivity (Wildman–Crippen MR) is 83.2 cm³/mol. The molecule has 0 aliphatic carbocycles. The van der Waals surface area contributed by atoms with E-state index in [2.05, 4.69) is 17.6 Å². The van der Waals surface area contributed by atoms with Gasteiger partial charge in [-0.05, 0) is 46.2 Å². The second kappa shape index (κ2) is 7.29. The molecule has 0 aromatic heterocycles. The molecule has 20 heavy (non-hydrogen) atoms. The first-order valence-electron chi connectivity index (χ1n) is 7.12. The minimum absolute atomic E-state index is 0.0550. The Balaban J connectivity index is 2.55. The number of benzene rings is 1. The van der Waals surface area contributed by atoms with Gasteiger partial charge in [0.25, 0.3) is 0 Å². The van der Waals surface area contributed by atoms with Crippen molar-refractivity contribution in [1.82, 2.24) is 5.32 Å². The van der Waals surface area contributed by atoms with Gasteiger partial charge in [-0.3, -0.25) is 4.79 Å². The highest BCUT2D eigenvalue weighted by atomic mass is 16.5. The van der Waals surface area contributed by atoms with Crippen molar-refractivity contribution < 1.29 is 9.53 Å². The summed E-state index contributed by atoms with van der Waals surface area (Å²) in [5.74, 6) is 0.724. The fraction of sp³-hybridized carbons (Fsp3) is 0.562. The highest BCUT2D eigenvalue weighted by molar-refractivity contribution is 5.92. The molecule has 0 spiro atoms. The first-order valence-corrected chi connectivity index (χ1v) is 7.12. The van der Waals surface area contributed by atoms with Crippen LogP contribution in [0.3, 0.4) is 0 Å². The first kappa shape index (κ1) is 16.5. The van der Waals surface area contributed by atoms with E-state index in [-0.39, 0.29) is 17.6 Å². The Bertz CT molecular complexity index is 438. The van der Waals surface area contributed by atoms with Crippen LogP contribution in [0.1, 0.15) is 41.0 Å². The monoisotopic (exact) mass is 278 g/mol. The Labute approximate surface area is 121 Å². The number of amides is 1. The average molecular weight is 278 g/mol. The zero-order chi connectivity index (χ0) is 15.2. The third kappa shape index (κ3) is 6.57. The first-order chi connectivity index (χ1) is 9.30. The lowest BCUT2D eigenvalue weighted by Gasteiger charge is -2.20. The van der Waals surface area contributed by atoms with E-state index in [1.807, 2.05) is 52.0 Å². The highest BCUT2D eigenvalue weighted by Gasteiger charge is 2.11. The average Bonchev–Trinajstić information content (AvgIpc) is 2.36. The number of carbonyl (C=O) groups excluding carboxylic acids is 1. The third-order valence-electron chi connectivity index (χ3n) is 2.81. The Kier molecular flexibility index (Phi) is 6.02. The van der Waals surface area contributed by atoms with Crippen LogP contribution in [0.2, 0.25) is 0 Å². The molecule has 1 aromatic carbocycles. The van der Waals surface area contributed by atoms with Crippen molar-refractivity contribution in [3.8, 4) is 5.75 Å². The number of nitrogens with one attached hydrogen (secondary N) is 2. The Morgan fingerprint density at radius 1 is 1.35 bits per heavy atom. The molecule has 1 atom stereocenters. The van der Waals surface area contributed by atoms with E-state index in [1.54, 1.807) is 0 Å². The molecule has 1 amide bonds. The van der Waals surface area contributed by atoms with Gasteiger partial charge in [-0.1, -0.05) is 13.0 Å². The summed E-state index contributed by atoms with van der Waals surface area (Å²) in [6.07, 6.45) is 1.12. The van der Waals surface area contributed by atoms with Crippen LogP contribution in [0.25, 0.3) is 0 Å². The maximum absolute atomic E-state index is 11.8. The van der Waals surface area contributed by atoms with Crippen molar-refractivity contribution in [3.05, 3.63) is 24.3 Å². The molecule has 0 aliphatic rings. The Morgan fingerprint density at radius 2 is 2.05 bits per heavy atom. The second-order valence-electron chi connectivity index (χ2n) is 6.02. The van der Waals surface area contributed by atoms with Crippen molar-refractivity contribution in [1.29, 1.82) is 0 Å². The summed E-state index contributed by atoms with van der Waals surface area (Å²) < 4.78 is 5.73. The molecule has 4 heteroatoms. The molecule has 4 nitrogen and oxygen atoms in total. The van der Waals surface area contributed by atoms with Gasteiger partial charge in [0.2, 0.25) is 5.91 Å². The van der Waals surface area contributed by atoms with E-state index in [4.69, 9.17) is 4.74 Å². The summed E-state index contributed by atoms with van der Waals surface area (Å²) in [6.45, 7) is 10.5. The topological polar surface area (TPSA) is 50.4 Å². The molecular weight excluding hydrogens is 252 g/mol. The summed E-state index contributed by atoms with van der Waals surface area (Å²) in [7, 11) is 0. The number of rotatable bonds is 6. The Morgan fingerprint density at radius 3 is 2.65 bits per heavy atom. The van der Waals surface area contributed by atoms with E-state index in [0.717, 1.165) is 17.9 Å². The van der Waals surface area contributed by atoms with E-state index in [9.17, 15) is 4.79 Å². The standard InChI is InChI=1S/C16H26N2O2/c1-6-12(2)20-14-9-7-8-13(10-14)18-15(19)11-17-16(3,4)5/h7-10,12,17H,6,11H2,1-5H3,(H,18,19). The molecule has 0 bridgehead atoms. The van der Waals surface area contributed by atoms with Gasteiger partial charge in [0, 0.05) is 17.3 Å². The van der Waals surface area contributed by atoms with Crippen LogP contribution in [-0.4, -0.2) is 24.1 Å². The van der Waals surface area contributed by atoms with Crippen molar-refractivity contribution in [3.63, 3.8) is 0 Å². The lowest BCUT2D eigenvalue weighted by atomic mass is 10.1. The van der Waals surface area contributed by atoms with Crippen LogP contribution in [0.15, 0.2) is 24.3 Å². The van der Waals surface area contributed by atoms with Crippen molar-refractivity contribution in [2.24, 2.45) is 0 Å². The molecule has 1 aromatic rings. The Hall–Kier alpha value is -1.55. The second-order valence-corrected chi connectivity index (χ2v) is 6.02. The summed E-state index contributed by atoms with van der Waals surface area (Å²) in [4.78, 5) is 11.8. The summed E-state index contributed by atoms with van der Waals surface area (Å²) in [6, 6.07) is 7.49. The predicted octanol–water partition coefficient (Wildman–Crippen LogP) is 3.19. The van der Waals surface area contributed by atoms with E-state index < -0.39 is 0 Å². The van der Waals surface area contributed by atoms with Crippen molar-refractivity contribution >= 4 is 11.6 Å². The molecule has 0 fully saturated rings. The minimum Gasteiger partial charge on any atom is -0.491 e.